The molecule has 0 saturated carbocycles. The second-order valence-corrected chi connectivity index (χ2v) is 7.70. The van der Waals surface area contributed by atoms with E-state index < -0.39 is 0 Å². The quantitative estimate of drug-likeness (QED) is 0.399. The summed E-state index contributed by atoms with van der Waals surface area (Å²) < 4.78 is 17.7. The number of carbonyl (C=O) groups excluding carboxylic acids is 1. The van der Waals surface area contributed by atoms with E-state index in [0.717, 1.165) is 47.9 Å². The van der Waals surface area contributed by atoms with E-state index in [-0.39, 0.29) is 6.10 Å². The van der Waals surface area contributed by atoms with Crippen LogP contribution in [-0.4, -0.2) is 30.6 Å². The van der Waals surface area contributed by atoms with Crippen LogP contribution in [0.25, 0.3) is 33.6 Å². The summed E-state index contributed by atoms with van der Waals surface area (Å²) >= 11 is 0. The molecule has 0 radical (unpaired) electrons. The molecule has 2 aromatic carbocycles. The second kappa shape index (κ2) is 8.66. The first kappa shape index (κ1) is 20.0. The Hall–Kier alpha value is -3.95. The van der Waals surface area contributed by atoms with Gasteiger partial charge in [0.25, 0.3) is 0 Å². The number of ether oxygens (including phenoxy) is 2. The molecule has 1 saturated heterocycles. The Kier molecular flexibility index (Phi) is 5.40. The average molecular weight is 424 g/mol. The normalized spacial score (nSPS) is 15.9. The van der Waals surface area contributed by atoms with Crippen LogP contribution >= 0.6 is 0 Å². The first-order valence-electron chi connectivity index (χ1n) is 10.5. The van der Waals surface area contributed by atoms with Crippen LogP contribution in [-0.2, 0) is 4.74 Å². The Morgan fingerprint density at radius 2 is 1.94 bits per heavy atom. The van der Waals surface area contributed by atoms with Gasteiger partial charge in [0.2, 0.25) is 0 Å². The topological polar surface area (TPSA) is 85.4 Å². The SMILES string of the molecule is N#Cc1cc(-c2ccnc3cc(-c4ccc(C=O)cc4)oc23)ccc1OC1CCCOC1. The highest BCUT2D eigenvalue weighted by Gasteiger charge is 2.18. The second-order valence-electron chi connectivity index (χ2n) is 7.70. The number of hydrogen-bond donors (Lipinski definition) is 0. The van der Waals surface area contributed by atoms with Crippen LogP contribution in [0.4, 0.5) is 0 Å². The highest BCUT2D eigenvalue weighted by Crippen LogP contribution is 2.35. The molecule has 32 heavy (non-hydrogen) atoms. The van der Waals surface area contributed by atoms with Gasteiger partial charge in [-0.2, -0.15) is 5.26 Å². The molecule has 1 atom stereocenters. The Balaban J connectivity index is 1.50. The summed E-state index contributed by atoms with van der Waals surface area (Å²) in [4.78, 5) is 15.3. The van der Waals surface area contributed by atoms with Gasteiger partial charge >= 0.3 is 0 Å². The smallest absolute Gasteiger partial charge is 0.161 e. The van der Waals surface area contributed by atoms with Gasteiger partial charge in [-0.25, -0.2) is 0 Å². The zero-order valence-electron chi connectivity index (χ0n) is 17.3. The lowest BCUT2D eigenvalue weighted by molar-refractivity contribution is 0.00732. The molecule has 0 aliphatic carbocycles. The Labute approximate surface area is 185 Å². The van der Waals surface area contributed by atoms with Gasteiger partial charge in [-0.05, 0) is 36.6 Å². The Morgan fingerprint density at radius 3 is 2.69 bits per heavy atom. The first-order chi connectivity index (χ1) is 15.7. The maximum absolute atomic E-state index is 10.9. The van der Waals surface area contributed by atoms with E-state index in [2.05, 4.69) is 11.1 Å². The largest absolute Gasteiger partial charge is 0.487 e. The fourth-order valence-corrected chi connectivity index (χ4v) is 3.90. The highest BCUT2D eigenvalue weighted by molar-refractivity contribution is 5.93. The minimum Gasteiger partial charge on any atom is -0.487 e. The summed E-state index contributed by atoms with van der Waals surface area (Å²) in [5.41, 5.74) is 4.98. The molecule has 158 valence electrons. The predicted octanol–water partition coefficient (Wildman–Crippen LogP) is 5.40. The Bertz CT molecular complexity index is 1310. The maximum Gasteiger partial charge on any atom is 0.161 e. The molecule has 1 aliphatic heterocycles. The van der Waals surface area contributed by atoms with Crippen molar-refractivity contribution >= 4 is 17.4 Å². The number of fused-ring (bicyclic) bond motifs is 1. The standard InChI is InChI=1S/C26H20N2O4/c27-14-20-12-19(7-8-24(20)31-21-2-1-11-30-16-21)22-9-10-28-23-13-25(32-26(22)23)18-5-3-17(15-29)4-6-18/h3-10,12-13,15,21H,1-2,11,16H2. The molecule has 6 heteroatoms. The van der Waals surface area contributed by atoms with E-state index in [4.69, 9.17) is 13.9 Å². The van der Waals surface area contributed by atoms with Gasteiger partial charge in [-0.3, -0.25) is 9.78 Å². The number of nitrogens with zero attached hydrogens (tertiary/aromatic N) is 2. The van der Waals surface area contributed by atoms with Crippen LogP contribution in [0.3, 0.4) is 0 Å². The van der Waals surface area contributed by atoms with E-state index in [1.165, 1.54) is 0 Å². The van der Waals surface area contributed by atoms with Crippen molar-refractivity contribution in [2.75, 3.05) is 13.2 Å². The van der Waals surface area contributed by atoms with E-state index >= 15 is 0 Å². The van der Waals surface area contributed by atoms with E-state index in [1.54, 1.807) is 18.3 Å². The molecule has 0 bridgehead atoms. The zero-order valence-corrected chi connectivity index (χ0v) is 17.3. The predicted molar refractivity (Wildman–Crippen MR) is 119 cm³/mol. The van der Waals surface area contributed by atoms with Crippen molar-refractivity contribution in [1.82, 2.24) is 4.98 Å². The number of aldehydes is 1. The van der Waals surface area contributed by atoms with Gasteiger partial charge < -0.3 is 13.9 Å². The molecular formula is C26H20N2O4. The lowest BCUT2D eigenvalue weighted by atomic mass is 10.0. The lowest BCUT2D eigenvalue weighted by Gasteiger charge is -2.23. The molecule has 0 spiro atoms. The van der Waals surface area contributed by atoms with E-state index in [1.807, 2.05) is 42.5 Å². The fourth-order valence-electron chi connectivity index (χ4n) is 3.90. The molecule has 1 unspecified atom stereocenters. The van der Waals surface area contributed by atoms with Gasteiger partial charge in [-0.15, -0.1) is 0 Å². The number of hydrogen-bond acceptors (Lipinski definition) is 6. The van der Waals surface area contributed by atoms with Crippen LogP contribution in [0, 0.1) is 11.3 Å². The molecule has 3 heterocycles. The van der Waals surface area contributed by atoms with Gasteiger partial charge in [-0.1, -0.05) is 30.3 Å². The lowest BCUT2D eigenvalue weighted by Crippen LogP contribution is -2.28. The van der Waals surface area contributed by atoms with Crippen LogP contribution < -0.4 is 4.74 Å². The van der Waals surface area contributed by atoms with Crippen LogP contribution in [0.15, 0.2) is 65.2 Å². The number of benzene rings is 2. The van der Waals surface area contributed by atoms with Crippen molar-refractivity contribution in [3.63, 3.8) is 0 Å². The summed E-state index contributed by atoms with van der Waals surface area (Å²) in [6.45, 7) is 1.30. The number of pyridine rings is 1. The van der Waals surface area contributed by atoms with Gasteiger partial charge in [0.1, 0.15) is 35.5 Å². The molecule has 4 aromatic rings. The third-order valence-corrected chi connectivity index (χ3v) is 5.57. The third kappa shape index (κ3) is 3.86. The summed E-state index contributed by atoms with van der Waals surface area (Å²) in [7, 11) is 0. The Morgan fingerprint density at radius 1 is 1.09 bits per heavy atom. The van der Waals surface area contributed by atoms with Crippen molar-refractivity contribution < 1.29 is 18.7 Å². The maximum atomic E-state index is 10.9. The van der Waals surface area contributed by atoms with E-state index in [9.17, 15) is 10.1 Å². The summed E-state index contributed by atoms with van der Waals surface area (Å²) in [6.07, 6.45) is 4.37. The van der Waals surface area contributed by atoms with Crippen molar-refractivity contribution in [3.05, 3.63) is 71.9 Å². The molecule has 5 rings (SSSR count). The number of carbonyl (C=O) groups is 1. The summed E-state index contributed by atoms with van der Waals surface area (Å²) in [5.74, 6) is 1.22. The highest BCUT2D eigenvalue weighted by atomic mass is 16.5. The number of rotatable bonds is 5. The minimum absolute atomic E-state index is 0.0347. The summed E-state index contributed by atoms with van der Waals surface area (Å²) in [6, 6.07) is 18.7. The number of aromatic nitrogens is 1. The molecule has 6 nitrogen and oxygen atoms in total. The van der Waals surface area contributed by atoms with Gasteiger partial charge in [0, 0.05) is 35.6 Å². The third-order valence-electron chi connectivity index (χ3n) is 5.57. The molecule has 0 amide bonds. The minimum atomic E-state index is -0.0347. The number of nitriles is 1. The van der Waals surface area contributed by atoms with Gasteiger partial charge in [0.15, 0.2) is 5.58 Å². The zero-order chi connectivity index (χ0) is 21.9. The van der Waals surface area contributed by atoms with Gasteiger partial charge in [0.05, 0.1) is 12.2 Å². The molecule has 2 aromatic heterocycles. The van der Waals surface area contributed by atoms with Crippen LogP contribution in [0.2, 0.25) is 0 Å². The average Bonchev–Trinajstić information content (AvgIpc) is 3.29. The van der Waals surface area contributed by atoms with Crippen LogP contribution in [0.5, 0.6) is 5.75 Å². The number of furan rings is 1. The summed E-state index contributed by atoms with van der Waals surface area (Å²) in [5, 5.41) is 9.71. The molecule has 0 N–H and O–H groups in total. The van der Waals surface area contributed by atoms with Crippen LogP contribution in [0.1, 0.15) is 28.8 Å². The van der Waals surface area contributed by atoms with E-state index in [0.29, 0.717) is 34.8 Å². The molecule has 1 aliphatic rings. The molecule has 1 fully saturated rings. The monoisotopic (exact) mass is 424 g/mol. The first-order valence-corrected chi connectivity index (χ1v) is 10.5. The van der Waals surface area contributed by atoms with Crippen molar-refractivity contribution in [1.29, 1.82) is 5.26 Å². The fraction of sp³-hybridized carbons (Fsp3) is 0.192. The van der Waals surface area contributed by atoms with Crippen molar-refractivity contribution in [2.45, 2.75) is 18.9 Å². The molecular weight excluding hydrogens is 404 g/mol. The van der Waals surface area contributed by atoms with Crippen molar-refractivity contribution in [3.8, 4) is 34.3 Å². The van der Waals surface area contributed by atoms with Crippen molar-refractivity contribution in [2.24, 2.45) is 0 Å².